The first-order chi connectivity index (χ1) is 9.50. The molecule has 0 saturated heterocycles. The van der Waals surface area contributed by atoms with E-state index in [1.54, 1.807) is 0 Å². The minimum Gasteiger partial charge on any atom is -0.497 e. The number of carboxylic acid groups (broad SMARTS) is 1. The normalized spacial score (nSPS) is 11.8. The molecule has 1 aromatic rings. The van der Waals surface area contributed by atoms with Gasteiger partial charge in [0.2, 0.25) is 5.91 Å². The number of aromatic carboxylic acids is 1. The van der Waals surface area contributed by atoms with Gasteiger partial charge in [-0.15, -0.1) is 0 Å². The lowest BCUT2D eigenvalue weighted by molar-refractivity contribution is -0.117. The molecule has 0 aliphatic heterocycles. The first-order valence-corrected chi connectivity index (χ1v) is 7.82. The third-order valence-corrected chi connectivity index (χ3v) is 5.22. The van der Waals surface area contributed by atoms with Crippen molar-refractivity contribution >= 4 is 27.4 Å². The van der Waals surface area contributed by atoms with Gasteiger partial charge in [-0.2, -0.15) is 0 Å². The molecule has 8 heteroatoms. The molecule has 7 nitrogen and oxygen atoms in total. The van der Waals surface area contributed by atoms with Crippen LogP contribution in [0.2, 0.25) is 0 Å². The van der Waals surface area contributed by atoms with Crippen LogP contribution in [0, 0.1) is 0 Å². The molecular formula is C13H17NO6S. The molecule has 116 valence electrons. The van der Waals surface area contributed by atoms with E-state index in [9.17, 15) is 18.0 Å². The summed E-state index contributed by atoms with van der Waals surface area (Å²) in [4.78, 5) is 23.3. The minimum atomic E-state index is -3.66. The summed E-state index contributed by atoms with van der Waals surface area (Å²) in [7, 11) is -2.27. The zero-order chi connectivity index (χ0) is 16.4. The molecule has 0 unspecified atom stereocenters. The molecule has 0 bridgehead atoms. The van der Waals surface area contributed by atoms with Crippen LogP contribution in [0.25, 0.3) is 0 Å². The van der Waals surface area contributed by atoms with E-state index in [4.69, 9.17) is 9.84 Å². The maximum absolute atomic E-state index is 12.1. The van der Waals surface area contributed by atoms with Crippen molar-refractivity contribution in [1.29, 1.82) is 0 Å². The minimum absolute atomic E-state index is 0.0245. The number of nitrogens with one attached hydrogen (secondary N) is 1. The standard InChI is InChI=1S/C13H17NO6S/c1-13(2,21(4,18)19)12(17)14-10-7-8(20-3)5-6-9(10)11(15)16/h5-7H,1-4H3,(H,14,17)(H,15,16). The lowest BCUT2D eigenvalue weighted by Gasteiger charge is -2.22. The van der Waals surface area contributed by atoms with Crippen molar-refractivity contribution in [3.63, 3.8) is 0 Å². The Bertz CT molecular complexity index is 678. The molecule has 1 amide bonds. The van der Waals surface area contributed by atoms with Gasteiger partial charge in [0.1, 0.15) is 10.5 Å². The van der Waals surface area contributed by atoms with Gasteiger partial charge in [0, 0.05) is 12.3 Å². The van der Waals surface area contributed by atoms with Crippen LogP contribution in [-0.4, -0.2) is 43.5 Å². The Morgan fingerprint density at radius 2 is 1.86 bits per heavy atom. The number of anilines is 1. The van der Waals surface area contributed by atoms with Crippen LogP contribution in [-0.2, 0) is 14.6 Å². The van der Waals surface area contributed by atoms with Crippen molar-refractivity contribution in [3.8, 4) is 5.75 Å². The van der Waals surface area contributed by atoms with Gasteiger partial charge < -0.3 is 15.2 Å². The summed E-state index contributed by atoms with van der Waals surface area (Å²) >= 11 is 0. The topological polar surface area (TPSA) is 110 Å². The molecule has 2 N–H and O–H groups in total. The highest BCUT2D eigenvalue weighted by Gasteiger charge is 2.38. The molecule has 0 aromatic heterocycles. The van der Waals surface area contributed by atoms with Crippen molar-refractivity contribution in [2.24, 2.45) is 0 Å². The quantitative estimate of drug-likeness (QED) is 0.843. The molecule has 0 radical (unpaired) electrons. The van der Waals surface area contributed by atoms with Crippen LogP contribution in [0.15, 0.2) is 18.2 Å². The predicted molar refractivity (Wildman–Crippen MR) is 77.5 cm³/mol. The molecule has 0 heterocycles. The summed E-state index contributed by atoms with van der Waals surface area (Å²) in [6, 6.07) is 4.02. The number of carbonyl (C=O) groups excluding carboxylic acids is 1. The Morgan fingerprint density at radius 1 is 1.29 bits per heavy atom. The Labute approximate surface area is 122 Å². The van der Waals surface area contributed by atoms with Gasteiger partial charge >= 0.3 is 5.97 Å². The van der Waals surface area contributed by atoms with Crippen LogP contribution in [0.1, 0.15) is 24.2 Å². The van der Waals surface area contributed by atoms with E-state index in [1.807, 2.05) is 0 Å². The highest BCUT2D eigenvalue weighted by atomic mass is 32.2. The van der Waals surface area contributed by atoms with E-state index in [0.717, 1.165) is 6.26 Å². The average molecular weight is 315 g/mol. The zero-order valence-corrected chi connectivity index (χ0v) is 12.9. The van der Waals surface area contributed by atoms with Gasteiger partial charge in [-0.05, 0) is 26.0 Å². The molecule has 0 saturated carbocycles. The average Bonchev–Trinajstić information content (AvgIpc) is 2.36. The SMILES string of the molecule is COc1ccc(C(=O)O)c(NC(=O)C(C)(C)S(C)(=O)=O)c1. The van der Waals surface area contributed by atoms with E-state index in [1.165, 1.54) is 39.2 Å². The molecule has 0 aliphatic rings. The van der Waals surface area contributed by atoms with Crippen LogP contribution in [0.5, 0.6) is 5.75 Å². The van der Waals surface area contributed by atoms with E-state index in [2.05, 4.69) is 5.32 Å². The number of carbonyl (C=O) groups is 2. The van der Waals surface area contributed by atoms with Crippen molar-refractivity contribution in [3.05, 3.63) is 23.8 Å². The van der Waals surface area contributed by atoms with Crippen LogP contribution in [0.3, 0.4) is 0 Å². The fourth-order valence-electron chi connectivity index (χ4n) is 1.38. The third-order valence-electron chi connectivity index (χ3n) is 3.18. The van der Waals surface area contributed by atoms with E-state index >= 15 is 0 Å². The van der Waals surface area contributed by atoms with Crippen molar-refractivity contribution in [2.45, 2.75) is 18.6 Å². The van der Waals surface area contributed by atoms with Gasteiger partial charge in [0.05, 0.1) is 18.4 Å². The number of amides is 1. The largest absolute Gasteiger partial charge is 0.497 e. The number of rotatable bonds is 5. The number of carboxylic acids is 1. The number of methoxy groups -OCH3 is 1. The number of sulfone groups is 1. The highest BCUT2D eigenvalue weighted by Crippen LogP contribution is 2.25. The van der Waals surface area contributed by atoms with Crippen molar-refractivity contribution in [1.82, 2.24) is 0 Å². The molecule has 0 spiro atoms. The van der Waals surface area contributed by atoms with Gasteiger partial charge in [-0.1, -0.05) is 0 Å². The molecule has 0 atom stereocenters. The summed E-state index contributed by atoms with van der Waals surface area (Å²) in [6.45, 7) is 2.50. The molecule has 21 heavy (non-hydrogen) atoms. The van der Waals surface area contributed by atoms with E-state index in [0.29, 0.717) is 5.75 Å². The molecule has 1 rings (SSSR count). The maximum atomic E-state index is 12.1. The van der Waals surface area contributed by atoms with Crippen molar-refractivity contribution in [2.75, 3.05) is 18.7 Å². The smallest absolute Gasteiger partial charge is 0.337 e. The fourth-order valence-corrected chi connectivity index (χ4v) is 1.77. The van der Waals surface area contributed by atoms with Gasteiger partial charge in [0.15, 0.2) is 9.84 Å². The van der Waals surface area contributed by atoms with Gasteiger partial charge in [-0.25, -0.2) is 13.2 Å². The van der Waals surface area contributed by atoms with Crippen LogP contribution < -0.4 is 10.1 Å². The van der Waals surface area contributed by atoms with Crippen LogP contribution >= 0.6 is 0 Å². The summed E-state index contributed by atoms with van der Waals surface area (Å²) in [5.41, 5.74) is -0.183. The second-order valence-corrected chi connectivity index (χ2v) is 7.52. The van der Waals surface area contributed by atoms with Gasteiger partial charge in [-0.3, -0.25) is 4.79 Å². The third kappa shape index (κ3) is 3.52. The molecule has 0 aliphatic carbocycles. The monoisotopic (exact) mass is 315 g/mol. The first kappa shape index (κ1) is 17.0. The predicted octanol–water partition coefficient (Wildman–Crippen LogP) is 1.16. The number of benzene rings is 1. The Balaban J connectivity index is 3.24. The summed E-state index contributed by atoms with van der Waals surface area (Å²) in [6.07, 6.45) is 0.941. The molecular weight excluding hydrogens is 298 g/mol. The summed E-state index contributed by atoms with van der Waals surface area (Å²) < 4.78 is 26.5. The second-order valence-electron chi connectivity index (χ2n) is 4.95. The fraction of sp³-hybridized carbons (Fsp3) is 0.385. The number of hydrogen-bond donors (Lipinski definition) is 2. The first-order valence-electron chi connectivity index (χ1n) is 5.93. The number of ether oxygens (including phenoxy) is 1. The van der Waals surface area contributed by atoms with Crippen LogP contribution in [0.4, 0.5) is 5.69 Å². The second kappa shape index (κ2) is 5.72. The Morgan fingerprint density at radius 3 is 2.29 bits per heavy atom. The highest BCUT2D eigenvalue weighted by molar-refractivity contribution is 7.92. The lowest BCUT2D eigenvalue weighted by Crippen LogP contribution is -2.44. The molecule has 0 fully saturated rings. The lowest BCUT2D eigenvalue weighted by atomic mass is 10.1. The van der Waals surface area contributed by atoms with E-state index < -0.39 is 26.5 Å². The summed E-state index contributed by atoms with van der Waals surface area (Å²) in [5, 5.41) is 11.4. The van der Waals surface area contributed by atoms with E-state index in [-0.39, 0.29) is 11.3 Å². The zero-order valence-electron chi connectivity index (χ0n) is 12.1. The Kier molecular flexibility index (Phi) is 4.62. The summed E-state index contributed by atoms with van der Waals surface area (Å²) in [5.74, 6) is -1.72. The molecule has 1 aromatic carbocycles. The van der Waals surface area contributed by atoms with Crippen molar-refractivity contribution < 1.29 is 27.9 Å². The van der Waals surface area contributed by atoms with Gasteiger partial charge in [0.25, 0.3) is 0 Å². The Hall–Kier alpha value is -2.09. The maximum Gasteiger partial charge on any atom is 0.337 e. The number of hydrogen-bond acceptors (Lipinski definition) is 5.